The number of amides is 1. The van der Waals surface area contributed by atoms with Crippen LogP contribution in [0.4, 0.5) is 5.69 Å². The third-order valence-electron chi connectivity index (χ3n) is 4.01. The van der Waals surface area contributed by atoms with Gasteiger partial charge >= 0.3 is 0 Å². The number of carbonyl (C=O) groups is 1. The molecule has 116 valence electrons. The van der Waals surface area contributed by atoms with Gasteiger partial charge in [-0.2, -0.15) is 0 Å². The van der Waals surface area contributed by atoms with Gasteiger partial charge in [0.1, 0.15) is 0 Å². The van der Waals surface area contributed by atoms with Crippen LogP contribution in [0.15, 0.2) is 47.2 Å². The molecule has 2 atom stereocenters. The zero-order valence-corrected chi connectivity index (χ0v) is 13.3. The summed E-state index contributed by atoms with van der Waals surface area (Å²) in [6.45, 7) is 2.09. The summed E-state index contributed by atoms with van der Waals surface area (Å²) >= 11 is 1.78. The van der Waals surface area contributed by atoms with Crippen LogP contribution in [0.3, 0.4) is 0 Å². The molecule has 2 aromatic heterocycles. The Kier molecular flexibility index (Phi) is 3.46. The van der Waals surface area contributed by atoms with Gasteiger partial charge in [-0.25, -0.2) is 0 Å². The standard InChI is InChI=1S/C17H15N3O2S/c1-10-2-7-15(23-10)13-8-14(13)16(21)19-12-5-3-11(4-6-12)17-20-18-9-22-17/h2-7,9,13-14H,8H2,1H3,(H,19,21). The molecule has 4 rings (SSSR count). The Hall–Kier alpha value is -2.47. The summed E-state index contributed by atoms with van der Waals surface area (Å²) in [5.74, 6) is 1.03. The maximum absolute atomic E-state index is 12.3. The van der Waals surface area contributed by atoms with Crippen molar-refractivity contribution < 1.29 is 9.21 Å². The number of thiophene rings is 1. The Bertz CT molecular complexity index is 824. The lowest BCUT2D eigenvalue weighted by molar-refractivity contribution is -0.117. The maximum Gasteiger partial charge on any atom is 0.247 e. The van der Waals surface area contributed by atoms with E-state index in [2.05, 4.69) is 34.6 Å². The second kappa shape index (κ2) is 5.62. The van der Waals surface area contributed by atoms with Gasteiger partial charge in [-0.05, 0) is 49.7 Å². The van der Waals surface area contributed by atoms with E-state index >= 15 is 0 Å². The molecule has 0 bridgehead atoms. The van der Waals surface area contributed by atoms with E-state index in [9.17, 15) is 4.79 Å². The van der Waals surface area contributed by atoms with Crippen LogP contribution in [0.5, 0.6) is 0 Å². The van der Waals surface area contributed by atoms with Crippen LogP contribution in [0.25, 0.3) is 11.5 Å². The van der Waals surface area contributed by atoms with Crippen LogP contribution < -0.4 is 5.32 Å². The number of anilines is 1. The van der Waals surface area contributed by atoms with E-state index < -0.39 is 0 Å². The Labute approximate surface area is 137 Å². The molecule has 0 radical (unpaired) electrons. The van der Waals surface area contributed by atoms with Crippen molar-refractivity contribution in [2.45, 2.75) is 19.3 Å². The average molecular weight is 325 g/mol. The molecule has 1 aliphatic carbocycles. The zero-order chi connectivity index (χ0) is 15.8. The van der Waals surface area contributed by atoms with Crippen molar-refractivity contribution in [1.82, 2.24) is 10.2 Å². The minimum absolute atomic E-state index is 0.0867. The highest BCUT2D eigenvalue weighted by atomic mass is 32.1. The van der Waals surface area contributed by atoms with Crippen molar-refractivity contribution in [3.63, 3.8) is 0 Å². The van der Waals surface area contributed by atoms with Crippen molar-refractivity contribution in [1.29, 1.82) is 0 Å². The number of nitrogens with one attached hydrogen (secondary N) is 1. The first-order valence-corrected chi connectivity index (χ1v) is 8.26. The third kappa shape index (κ3) is 2.90. The largest absolute Gasteiger partial charge is 0.423 e. The number of nitrogens with zero attached hydrogens (tertiary/aromatic N) is 2. The van der Waals surface area contributed by atoms with Crippen molar-refractivity contribution in [3.8, 4) is 11.5 Å². The monoisotopic (exact) mass is 325 g/mol. The fourth-order valence-corrected chi connectivity index (χ4v) is 3.74. The van der Waals surface area contributed by atoms with Gasteiger partial charge in [-0.15, -0.1) is 21.5 Å². The van der Waals surface area contributed by atoms with E-state index in [0.29, 0.717) is 11.8 Å². The molecule has 0 saturated heterocycles. The quantitative estimate of drug-likeness (QED) is 0.791. The number of hydrogen-bond acceptors (Lipinski definition) is 5. The summed E-state index contributed by atoms with van der Waals surface area (Å²) in [7, 11) is 0. The van der Waals surface area contributed by atoms with Crippen LogP contribution in [-0.2, 0) is 4.79 Å². The average Bonchev–Trinajstić information content (AvgIpc) is 2.95. The number of rotatable bonds is 4. The Morgan fingerprint density at radius 1 is 1.26 bits per heavy atom. The highest BCUT2D eigenvalue weighted by Crippen LogP contribution is 2.50. The van der Waals surface area contributed by atoms with E-state index in [1.165, 1.54) is 16.1 Å². The van der Waals surface area contributed by atoms with Crippen molar-refractivity contribution >= 4 is 22.9 Å². The number of benzene rings is 1. The normalized spacial score (nSPS) is 19.5. The summed E-state index contributed by atoms with van der Waals surface area (Å²) in [4.78, 5) is 14.9. The smallest absolute Gasteiger partial charge is 0.247 e. The van der Waals surface area contributed by atoms with Crippen LogP contribution >= 0.6 is 11.3 Å². The van der Waals surface area contributed by atoms with Crippen molar-refractivity contribution in [2.75, 3.05) is 5.32 Å². The van der Waals surface area contributed by atoms with E-state index in [0.717, 1.165) is 17.7 Å². The lowest BCUT2D eigenvalue weighted by Gasteiger charge is -2.05. The summed E-state index contributed by atoms with van der Waals surface area (Å²) in [6.07, 6.45) is 2.23. The molecule has 3 aromatic rings. The molecule has 6 heteroatoms. The highest BCUT2D eigenvalue weighted by Gasteiger charge is 2.44. The first-order valence-electron chi connectivity index (χ1n) is 7.44. The van der Waals surface area contributed by atoms with Gasteiger partial charge in [0, 0.05) is 32.8 Å². The van der Waals surface area contributed by atoms with Crippen LogP contribution in [0.2, 0.25) is 0 Å². The predicted molar refractivity (Wildman–Crippen MR) is 88.3 cm³/mol. The molecular weight excluding hydrogens is 310 g/mol. The molecular formula is C17H15N3O2S. The predicted octanol–water partition coefficient (Wildman–Crippen LogP) is 3.85. The summed E-state index contributed by atoms with van der Waals surface area (Å²) in [5.41, 5.74) is 1.62. The zero-order valence-electron chi connectivity index (χ0n) is 12.5. The van der Waals surface area contributed by atoms with Gasteiger partial charge in [-0.1, -0.05) is 0 Å². The molecule has 23 heavy (non-hydrogen) atoms. The second-order valence-corrected chi connectivity index (χ2v) is 7.03. The Morgan fingerprint density at radius 3 is 2.74 bits per heavy atom. The molecule has 5 nitrogen and oxygen atoms in total. The summed E-state index contributed by atoms with van der Waals surface area (Å²) in [5, 5.41) is 10.5. The van der Waals surface area contributed by atoms with E-state index in [4.69, 9.17) is 4.42 Å². The Balaban J connectivity index is 1.40. The number of aryl methyl sites for hydroxylation is 1. The summed E-state index contributed by atoms with van der Waals surface area (Å²) < 4.78 is 5.15. The van der Waals surface area contributed by atoms with Gasteiger partial charge in [0.2, 0.25) is 18.2 Å². The highest BCUT2D eigenvalue weighted by molar-refractivity contribution is 7.12. The van der Waals surface area contributed by atoms with Crippen molar-refractivity contribution in [3.05, 3.63) is 52.5 Å². The van der Waals surface area contributed by atoms with Gasteiger partial charge in [-0.3, -0.25) is 4.79 Å². The molecule has 1 amide bonds. The van der Waals surface area contributed by atoms with Crippen LogP contribution in [0.1, 0.15) is 22.1 Å². The molecule has 1 aromatic carbocycles. The molecule has 1 fully saturated rings. The molecule has 1 saturated carbocycles. The first-order chi connectivity index (χ1) is 11.2. The minimum atomic E-state index is 0.0867. The molecule has 0 spiro atoms. The lowest BCUT2D eigenvalue weighted by atomic mass is 10.2. The number of carbonyl (C=O) groups excluding carboxylic acids is 1. The molecule has 1 N–H and O–H groups in total. The molecule has 1 aliphatic rings. The SMILES string of the molecule is Cc1ccc(C2CC2C(=O)Nc2ccc(-c3nnco3)cc2)s1. The number of hydrogen-bond donors (Lipinski definition) is 1. The topological polar surface area (TPSA) is 68.0 Å². The number of aromatic nitrogens is 2. The van der Waals surface area contributed by atoms with Gasteiger partial charge in [0.15, 0.2) is 0 Å². The molecule has 2 heterocycles. The Morgan fingerprint density at radius 2 is 2.09 bits per heavy atom. The van der Waals surface area contributed by atoms with E-state index in [-0.39, 0.29) is 11.8 Å². The molecule has 2 unspecified atom stereocenters. The summed E-state index contributed by atoms with van der Waals surface area (Å²) in [6, 6.07) is 11.7. The maximum atomic E-state index is 12.3. The van der Waals surface area contributed by atoms with Gasteiger partial charge in [0.25, 0.3) is 0 Å². The van der Waals surface area contributed by atoms with Crippen LogP contribution in [0, 0.1) is 12.8 Å². The second-order valence-electron chi connectivity index (χ2n) is 5.71. The van der Waals surface area contributed by atoms with Gasteiger partial charge < -0.3 is 9.73 Å². The van der Waals surface area contributed by atoms with Crippen molar-refractivity contribution in [2.24, 2.45) is 5.92 Å². The van der Waals surface area contributed by atoms with E-state index in [1.54, 1.807) is 11.3 Å². The molecule has 0 aliphatic heterocycles. The fraction of sp³-hybridized carbons (Fsp3) is 0.235. The lowest BCUT2D eigenvalue weighted by Crippen LogP contribution is -2.14. The van der Waals surface area contributed by atoms with Crippen LogP contribution in [-0.4, -0.2) is 16.1 Å². The third-order valence-corrected chi connectivity index (χ3v) is 5.15. The van der Waals surface area contributed by atoms with E-state index in [1.807, 2.05) is 24.3 Å². The first kappa shape index (κ1) is 14.1. The van der Waals surface area contributed by atoms with Gasteiger partial charge in [0.05, 0.1) is 0 Å². The fourth-order valence-electron chi connectivity index (χ4n) is 2.68. The minimum Gasteiger partial charge on any atom is -0.423 e.